The standard InChI is InChI=1S/C10H13NO3/c1-6(2)11-8-5-7(10(13)14)3-4-9(8)12/h3-6,11-12H,1-2H3,(H,13,14). The fraction of sp³-hybridized carbons (Fsp3) is 0.300. The van der Waals surface area contributed by atoms with Gasteiger partial charge in [-0.1, -0.05) is 0 Å². The van der Waals surface area contributed by atoms with Crippen molar-refractivity contribution in [3.05, 3.63) is 23.8 Å². The molecule has 4 nitrogen and oxygen atoms in total. The molecule has 0 fully saturated rings. The first-order valence-corrected chi connectivity index (χ1v) is 4.33. The third kappa shape index (κ3) is 2.39. The highest BCUT2D eigenvalue weighted by atomic mass is 16.4. The lowest BCUT2D eigenvalue weighted by molar-refractivity contribution is 0.0697. The maximum atomic E-state index is 10.6. The highest BCUT2D eigenvalue weighted by molar-refractivity contribution is 5.89. The summed E-state index contributed by atoms with van der Waals surface area (Å²) in [6.07, 6.45) is 0. The zero-order valence-electron chi connectivity index (χ0n) is 8.11. The van der Waals surface area contributed by atoms with E-state index in [1.165, 1.54) is 18.2 Å². The quantitative estimate of drug-likeness (QED) is 0.644. The largest absolute Gasteiger partial charge is 0.506 e. The molecule has 1 rings (SSSR count). The van der Waals surface area contributed by atoms with Gasteiger partial charge in [0, 0.05) is 6.04 Å². The van der Waals surface area contributed by atoms with Crippen molar-refractivity contribution in [2.45, 2.75) is 19.9 Å². The number of carbonyl (C=O) groups is 1. The van der Waals surface area contributed by atoms with E-state index in [-0.39, 0.29) is 17.4 Å². The summed E-state index contributed by atoms with van der Waals surface area (Å²) in [6.45, 7) is 3.82. The van der Waals surface area contributed by atoms with E-state index >= 15 is 0 Å². The Morgan fingerprint density at radius 3 is 2.57 bits per heavy atom. The first kappa shape index (κ1) is 10.4. The van der Waals surface area contributed by atoms with Gasteiger partial charge >= 0.3 is 5.97 Å². The Morgan fingerprint density at radius 2 is 2.07 bits per heavy atom. The molecular weight excluding hydrogens is 182 g/mol. The number of benzene rings is 1. The van der Waals surface area contributed by atoms with Gasteiger partial charge in [0.15, 0.2) is 0 Å². The van der Waals surface area contributed by atoms with Gasteiger partial charge in [0.2, 0.25) is 0 Å². The number of aromatic hydroxyl groups is 1. The third-order valence-electron chi connectivity index (χ3n) is 1.69. The third-order valence-corrected chi connectivity index (χ3v) is 1.69. The Labute approximate surface area is 82.2 Å². The van der Waals surface area contributed by atoms with Gasteiger partial charge in [-0.3, -0.25) is 0 Å². The van der Waals surface area contributed by atoms with Crippen LogP contribution in [0.2, 0.25) is 0 Å². The second-order valence-corrected chi connectivity index (χ2v) is 3.34. The number of nitrogens with one attached hydrogen (secondary N) is 1. The summed E-state index contributed by atoms with van der Waals surface area (Å²) in [6, 6.07) is 4.29. The average molecular weight is 195 g/mol. The number of carboxylic acids is 1. The van der Waals surface area contributed by atoms with Crippen LogP contribution in [-0.4, -0.2) is 22.2 Å². The Kier molecular flexibility index (Phi) is 2.96. The fourth-order valence-corrected chi connectivity index (χ4v) is 1.10. The monoisotopic (exact) mass is 195 g/mol. The first-order chi connectivity index (χ1) is 6.50. The molecule has 0 aliphatic rings. The summed E-state index contributed by atoms with van der Waals surface area (Å²) in [5.41, 5.74) is 0.603. The number of hydrogen-bond acceptors (Lipinski definition) is 3. The molecule has 0 heterocycles. The zero-order valence-corrected chi connectivity index (χ0v) is 8.11. The van der Waals surface area contributed by atoms with Crippen molar-refractivity contribution >= 4 is 11.7 Å². The maximum Gasteiger partial charge on any atom is 0.335 e. The van der Waals surface area contributed by atoms with Crippen LogP contribution in [-0.2, 0) is 0 Å². The van der Waals surface area contributed by atoms with E-state index < -0.39 is 5.97 Å². The van der Waals surface area contributed by atoms with Gasteiger partial charge in [-0.15, -0.1) is 0 Å². The van der Waals surface area contributed by atoms with Crippen LogP contribution >= 0.6 is 0 Å². The predicted molar refractivity (Wildman–Crippen MR) is 53.8 cm³/mol. The molecule has 0 unspecified atom stereocenters. The fourth-order valence-electron chi connectivity index (χ4n) is 1.10. The molecule has 4 heteroatoms. The lowest BCUT2D eigenvalue weighted by Gasteiger charge is -2.11. The molecule has 0 atom stereocenters. The van der Waals surface area contributed by atoms with Crippen LogP contribution in [0.3, 0.4) is 0 Å². The van der Waals surface area contributed by atoms with Crippen LogP contribution in [0.25, 0.3) is 0 Å². The summed E-state index contributed by atoms with van der Waals surface area (Å²) in [5.74, 6) is -0.944. The van der Waals surface area contributed by atoms with Gasteiger partial charge in [-0.2, -0.15) is 0 Å². The highest BCUT2D eigenvalue weighted by Gasteiger charge is 2.07. The Bertz CT molecular complexity index is 347. The number of rotatable bonds is 3. The summed E-state index contributed by atoms with van der Waals surface area (Å²) in [7, 11) is 0. The minimum absolute atomic E-state index is 0.0590. The number of hydrogen-bond donors (Lipinski definition) is 3. The normalized spacial score (nSPS) is 10.2. The Morgan fingerprint density at radius 1 is 1.43 bits per heavy atom. The average Bonchev–Trinajstić information content (AvgIpc) is 2.07. The number of phenolic OH excluding ortho intramolecular Hbond substituents is 1. The van der Waals surface area contributed by atoms with Crippen molar-refractivity contribution < 1.29 is 15.0 Å². The summed E-state index contributed by atoms with van der Waals surface area (Å²) in [4.78, 5) is 10.6. The van der Waals surface area contributed by atoms with E-state index in [1.54, 1.807) is 0 Å². The number of carboxylic acid groups (broad SMARTS) is 1. The number of phenols is 1. The molecule has 1 aromatic rings. The second kappa shape index (κ2) is 4.00. The van der Waals surface area contributed by atoms with Crippen molar-refractivity contribution in [3.8, 4) is 5.75 Å². The molecule has 76 valence electrons. The van der Waals surface area contributed by atoms with Crippen molar-refractivity contribution in [1.29, 1.82) is 0 Å². The predicted octanol–water partition coefficient (Wildman–Crippen LogP) is 1.91. The van der Waals surface area contributed by atoms with Crippen molar-refractivity contribution in [3.63, 3.8) is 0 Å². The summed E-state index contributed by atoms with van der Waals surface area (Å²) < 4.78 is 0. The Balaban J connectivity index is 3.02. The Hall–Kier alpha value is -1.71. The van der Waals surface area contributed by atoms with E-state index in [0.29, 0.717) is 5.69 Å². The molecule has 0 aliphatic carbocycles. The molecule has 14 heavy (non-hydrogen) atoms. The highest BCUT2D eigenvalue weighted by Crippen LogP contribution is 2.24. The van der Waals surface area contributed by atoms with Gasteiger partial charge in [-0.25, -0.2) is 4.79 Å². The molecule has 0 spiro atoms. The van der Waals surface area contributed by atoms with Gasteiger partial charge in [0.1, 0.15) is 5.75 Å². The number of anilines is 1. The summed E-state index contributed by atoms with van der Waals surface area (Å²) in [5, 5.41) is 21.1. The topological polar surface area (TPSA) is 69.6 Å². The molecule has 0 bridgehead atoms. The van der Waals surface area contributed by atoms with E-state index in [0.717, 1.165) is 0 Å². The van der Waals surface area contributed by atoms with E-state index in [1.807, 2.05) is 13.8 Å². The van der Waals surface area contributed by atoms with E-state index in [2.05, 4.69) is 5.32 Å². The smallest absolute Gasteiger partial charge is 0.335 e. The zero-order chi connectivity index (χ0) is 10.7. The van der Waals surface area contributed by atoms with Crippen LogP contribution in [0.5, 0.6) is 5.75 Å². The van der Waals surface area contributed by atoms with Gasteiger partial charge < -0.3 is 15.5 Å². The van der Waals surface area contributed by atoms with Gasteiger partial charge in [0.25, 0.3) is 0 Å². The SMILES string of the molecule is CC(C)Nc1cc(C(=O)O)ccc1O. The van der Waals surface area contributed by atoms with Crippen LogP contribution in [0.15, 0.2) is 18.2 Å². The van der Waals surface area contributed by atoms with Crippen LogP contribution in [0, 0.1) is 0 Å². The minimum atomic E-state index is -1.00. The lowest BCUT2D eigenvalue weighted by Crippen LogP contribution is -2.10. The minimum Gasteiger partial charge on any atom is -0.506 e. The number of aromatic carboxylic acids is 1. The maximum absolute atomic E-state index is 10.6. The molecule has 0 aromatic heterocycles. The lowest BCUT2D eigenvalue weighted by atomic mass is 10.2. The van der Waals surface area contributed by atoms with Crippen molar-refractivity contribution in [2.75, 3.05) is 5.32 Å². The molecule has 0 saturated heterocycles. The van der Waals surface area contributed by atoms with Gasteiger partial charge in [-0.05, 0) is 32.0 Å². The molecule has 0 aliphatic heterocycles. The van der Waals surface area contributed by atoms with E-state index in [4.69, 9.17) is 5.11 Å². The van der Waals surface area contributed by atoms with Crippen LogP contribution < -0.4 is 5.32 Å². The molecule has 0 radical (unpaired) electrons. The molecule has 3 N–H and O–H groups in total. The second-order valence-electron chi connectivity index (χ2n) is 3.34. The molecule has 1 aromatic carbocycles. The molecule has 0 amide bonds. The van der Waals surface area contributed by atoms with Crippen molar-refractivity contribution in [2.24, 2.45) is 0 Å². The first-order valence-electron chi connectivity index (χ1n) is 4.33. The van der Waals surface area contributed by atoms with Crippen molar-refractivity contribution in [1.82, 2.24) is 0 Å². The molecule has 0 saturated carbocycles. The van der Waals surface area contributed by atoms with Crippen LogP contribution in [0.1, 0.15) is 24.2 Å². The van der Waals surface area contributed by atoms with E-state index in [9.17, 15) is 9.90 Å². The van der Waals surface area contributed by atoms with Crippen LogP contribution in [0.4, 0.5) is 5.69 Å². The molecular formula is C10H13NO3. The van der Waals surface area contributed by atoms with Gasteiger partial charge in [0.05, 0.1) is 11.3 Å². The summed E-state index contributed by atoms with van der Waals surface area (Å²) >= 11 is 0.